The molecule has 0 spiro atoms. The van der Waals surface area contributed by atoms with Gasteiger partial charge in [-0.1, -0.05) is 6.07 Å². The van der Waals surface area contributed by atoms with Gasteiger partial charge in [0, 0.05) is 12.1 Å². The van der Waals surface area contributed by atoms with Gasteiger partial charge in [0.15, 0.2) is 9.84 Å². The second-order valence-electron chi connectivity index (χ2n) is 6.03. The van der Waals surface area contributed by atoms with Crippen molar-refractivity contribution in [3.63, 3.8) is 0 Å². The highest BCUT2D eigenvalue weighted by atomic mass is 32.2. The summed E-state index contributed by atoms with van der Waals surface area (Å²) in [5, 5.41) is 0. The molecule has 0 N–H and O–H groups in total. The highest BCUT2D eigenvalue weighted by molar-refractivity contribution is 7.92. The fraction of sp³-hybridized carbons (Fsp3) is 0.571. The molecule has 1 saturated heterocycles. The number of rotatable bonds is 4. The molecule has 1 aromatic rings. The van der Waals surface area contributed by atoms with Crippen molar-refractivity contribution in [1.82, 2.24) is 4.31 Å². The molecule has 5 nitrogen and oxygen atoms in total. The third kappa shape index (κ3) is 2.91. The molecular formula is C14H18FNO4S2. The normalized spacial score (nSPS) is 24.8. The summed E-state index contributed by atoms with van der Waals surface area (Å²) in [5.41, 5.74) is 0.466. The molecule has 1 atom stereocenters. The van der Waals surface area contributed by atoms with Gasteiger partial charge in [-0.05, 0) is 43.9 Å². The minimum atomic E-state index is -3.90. The quantitative estimate of drug-likeness (QED) is 0.827. The van der Waals surface area contributed by atoms with Crippen molar-refractivity contribution in [3.05, 3.63) is 29.6 Å². The lowest BCUT2D eigenvalue weighted by Crippen LogP contribution is -2.42. The van der Waals surface area contributed by atoms with Gasteiger partial charge < -0.3 is 0 Å². The molecular weight excluding hydrogens is 329 g/mol. The van der Waals surface area contributed by atoms with Crippen molar-refractivity contribution in [2.75, 3.05) is 11.5 Å². The zero-order chi connectivity index (χ0) is 16.1. The van der Waals surface area contributed by atoms with E-state index in [1.54, 1.807) is 6.92 Å². The van der Waals surface area contributed by atoms with Crippen LogP contribution in [0.2, 0.25) is 0 Å². The van der Waals surface area contributed by atoms with Gasteiger partial charge in [0.05, 0.1) is 16.4 Å². The summed E-state index contributed by atoms with van der Waals surface area (Å²) in [6.45, 7) is 1.61. The van der Waals surface area contributed by atoms with Gasteiger partial charge in [0.1, 0.15) is 5.82 Å². The highest BCUT2D eigenvalue weighted by Crippen LogP contribution is 2.37. The van der Waals surface area contributed by atoms with Crippen LogP contribution in [0.25, 0.3) is 0 Å². The summed E-state index contributed by atoms with van der Waals surface area (Å²) in [7, 11) is -7.08. The van der Waals surface area contributed by atoms with E-state index < -0.39 is 31.7 Å². The number of aryl methyl sites for hydroxylation is 1. The first-order valence-corrected chi connectivity index (χ1v) is 10.5. The van der Waals surface area contributed by atoms with Crippen LogP contribution in [0.1, 0.15) is 24.8 Å². The Hall–Kier alpha value is -0.990. The van der Waals surface area contributed by atoms with Gasteiger partial charge in [-0.25, -0.2) is 21.2 Å². The number of hydrogen-bond acceptors (Lipinski definition) is 4. The van der Waals surface area contributed by atoms with E-state index in [1.165, 1.54) is 16.4 Å². The largest absolute Gasteiger partial charge is 0.243 e. The summed E-state index contributed by atoms with van der Waals surface area (Å²) in [5.74, 6) is -0.741. The zero-order valence-electron chi connectivity index (χ0n) is 12.2. The van der Waals surface area contributed by atoms with E-state index in [2.05, 4.69) is 0 Å². The summed E-state index contributed by atoms with van der Waals surface area (Å²) in [6.07, 6.45) is 1.76. The predicted molar refractivity (Wildman–Crippen MR) is 80.2 cm³/mol. The van der Waals surface area contributed by atoms with Crippen LogP contribution < -0.4 is 0 Å². The first-order chi connectivity index (χ1) is 10.2. The molecule has 1 aliphatic carbocycles. The SMILES string of the molecule is Cc1ccc(F)cc1S(=O)(=O)N(C1CC1)[C@@H]1CCS(=O)(=O)C1. The Morgan fingerprint density at radius 2 is 1.86 bits per heavy atom. The van der Waals surface area contributed by atoms with Crippen LogP contribution >= 0.6 is 0 Å². The lowest BCUT2D eigenvalue weighted by molar-refractivity contribution is 0.332. The average Bonchev–Trinajstić information content (AvgIpc) is 3.16. The van der Waals surface area contributed by atoms with Crippen molar-refractivity contribution < 1.29 is 21.2 Å². The molecule has 0 aromatic heterocycles. The molecule has 22 heavy (non-hydrogen) atoms. The number of nitrogens with zero attached hydrogens (tertiary/aromatic N) is 1. The Morgan fingerprint density at radius 3 is 2.41 bits per heavy atom. The van der Waals surface area contributed by atoms with Crippen molar-refractivity contribution in [3.8, 4) is 0 Å². The topological polar surface area (TPSA) is 71.5 Å². The monoisotopic (exact) mass is 347 g/mol. The Balaban J connectivity index is 2.02. The molecule has 0 unspecified atom stereocenters. The molecule has 1 heterocycles. The maximum absolute atomic E-state index is 13.5. The predicted octanol–water partition coefficient (Wildman–Crippen LogP) is 1.47. The average molecular weight is 347 g/mol. The smallest absolute Gasteiger partial charge is 0.229 e. The number of sulfonamides is 1. The second kappa shape index (κ2) is 5.28. The van der Waals surface area contributed by atoms with E-state index >= 15 is 0 Å². The van der Waals surface area contributed by atoms with Crippen molar-refractivity contribution in [2.45, 2.75) is 43.2 Å². The van der Waals surface area contributed by atoms with Gasteiger partial charge in [0.2, 0.25) is 10.0 Å². The van der Waals surface area contributed by atoms with Gasteiger partial charge in [0.25, 0.3) is 0 Å². The van der Waals surface area contributed by atoms with E-state index in [1.807, 2.05) is 0 Å². The second-order valence-corrected chi connectivity index (χ2v) is 10.1. The van der Waals surface area contributed by atoms with Crippen LogP contribution in [-0.4, -0.2) is 44.7 Å². The van der Waals surface area contributed by atoms with E-state index in [9.17, 15) is 21.2 Å². The van der Waals surface area contributed by atoms with Crippen molar-refractivity contribution in [2.24, 2.45) is 0 Å². The molecule has 122 valence electrons. The van der Waals surface area contributed by atoms with Gasteiger partial charge in [-0.15, -0.1) is 0 Å². The molecule has 0 bridgehead atoms. The third-order valence-electron chi connectivity index (χ3n) is 4.18. The molecule has 2 fully saturated rings. The molecule has 0 radical (unpaired) electrons. The highest BCUT2D eigenvalue weighted by Gasteiger charge is 2.46. The summed E-state index contributed by atoms with van der Waals surface area (Å²) >= 11 is 0. The fourth-order valence-electron chi connectivity index (χ4n) is 2.96. The maximum Gasteiger partial charge on any atom is 0.243 e. The first-order valence-electron chi connectivity index (χ1n) is 7.21. The van der Waals surface area contributed by atoms with Crippen LogP contribution in [0.4, 0.5) is 4.39 Å². The molecule has 3 rings (SSSR count). The Labute approximate surface area is 130 Å². The fourth-order valence-corrected chi connectivity index (χ4v) is 6.91. The van der Waals surface area contributed by atoms with Gasteiger partial charge >= 0.3 is 0 Å². The van der Waals surface area contributed by atoms with Gasteiger partial charge in [-0.3, -0.25) is 0 Å². The lowest BCUT2D eigenvalue weighted by atomic mass is 10.2. The standard InChI is InChI=1S/C14H18FNO4S2/c1-10-2-3-11(15)8-14(10)22(19,20)16(12-4-5-12)13-6-7-21(17,18)9-13/h2-3,8,12-13H,4-7,9H2,1H3/t13-/m1/s1. The van der Waals surface area contributed by atoms with E-state index in [0.717, 1.165) is 18.9 Å². The third-order valence-corrected chi connectivity index (χ3v) is 8.08. The van der Waals surface area contributed by atoms with Crippen LogP contribution in [0.15, 0.2) is 23.1 Å². The molecule has 1 aliphatic heterocycles. The van der Waals surface area contributed by atoms with Gasteiger partial charge in [-0.2, -0.15) is 4.31 Å². The lowest BCUT2D eigenvalue weighted by Gasteiger charge is -2.28. The van der Waals surface area contributed by atoms with Crippen LogP contribution in [0.5, 0.6) is 0 Å². The van der Waals surface area contributed by atoms with Crippen LogP contribution in [0.3, 0.4) is 0 Å². The summed E-state index contributed by atoms with van der Waals surface area (Å²) < 4.78 is 64.1. The molecule has 1 saturated carbocycles. The number of benzene rings is 1. The number of sulfone groups is 1. The van der Waals surface area contributed by atoms with E-state index in [4.69, 9.17) is 0 Å². The van der Waals surface area contributed by atoms with Crippen molar-refractivity contribution >= 4 is 19.9 Å². The Morgan fingerprint density at radius 1 is 1.18 bits per heavy atom. The van der Waals surface area contributed by atoms with Crippen LogP contribution in [0, 0.1) is 12.7 Å². The maximum atomic E-state index is 13.5. The Bertz CT molecular complexity index is 800. The minimum absolute atomic E-state index is 0.0124. The number of halogens is 1. The minimum Gasteiger partial charge on any atom is -0.229 e. The molecule has 8 heteroatoms. The number of hydrogen-bond donors (Lipinski definition) is 0. The summed E-state index contributed by atoms with van der Waals surface area (Å²) in [4.78, 5) is -0.0660. The van der Waals surface area contributed by atoms with Crippen molar-refractivity contribution in [1.29, 1.82) is 0 Å². The van der Waals surface area contributed by atoms with E-state index in [0.29, 0.717) is 12.0 Å². The van der Waals surface area contributed by atoms with E-state index in [-0.39, 0.29) is 22.4 Å². The Kier molecular flexibility index (Phi) is 3.81. The first kappa shape index (κ1) is 15.9. The molecule has 1 aromatic carbocycles. The van der Waals surface area contributed by atoms with Crippen LogP contribution in [-0.2, 0) is 19.9 Å². The summed E-state index contributed by atoms with van der Waals surface area (Å²) in [6, 6.07) is 2.97. The molecule has 2 aliphatic rings. The molecule has 0 amide bonds. The zero-order valence-corrected chi connectivity index (χ0v) is 13.8.